The average molecular weight is 419 g/mol. The minimum atomic E-state index is -0.548. The molecule has 1 aliphatic rings. The fourth-order valence-electron chi connectivity index (χ4n) is 3.35. The Labute approximate surface area is 179 Å². The highest BCUT2D eigenvalue weighted by Gasteiger charge is 2.26. The molecule has 0 aromatic heterocycles. The number of carbonyl (C=O) groups excluding carboxylic acids is 2. The third-order valence-electron chi connectivity index (χ3n) is 4.70. The molecule has 0 bridgehead atoms. The van der Waals surface area contributed by atoms with Gasteiger partial charge in [-0.3, -0.25) is 4.79 Å². The minimum absolute atomic E-state index is 0.0433. The van der Waals surface area contributed by atoms with E-state index in [4.69, 9.17) is 14.2 Å². The summed E-state index contributed by atoms with van der Waals surface area (Å²) < 4.78 is 16.2. The van der Waals surface area contributed by atoms with Crippen LogP contribution in [0.4, 0.5) is 4.79 Å². The lowest BCUT2D eigenvalue weighted by Gasteiger charge is -2.35. The first-order chi connectivity index (χ1) is 14.2. The van der Waals surface area contributed by atoms with Crippen LogP contribution in [0.1, 0.15) is 52.5 Å². The minimum Gasteiger partial charge on any atom is -0.493 e. The molecular weight excluding hydrogens is 384 g/mol. The number of hydrogen-bond acceptors (Lipinski definition) is 5. The van der Waals surface area contributed by atoms with Gasteiger partial charge in [0.2, 0.25) is 5.91 Å². The Morgan fingerprint density at radius 3 is 2.67 bits per heavy atom. The van der Waals surface area contributed by atoms with E-state index >= 15 is 0 Å². The summed E-state index contributed by atoms with van der Waals surface area (Å²) in [5.74, 6) is 1.23. The molecule has 166 valence electrons. The van der Waals surface area contributed by atoms with E-state index in [9.17, 15) is 9.59 Å². The number of rotatable bonds is 7. The molecule has 1 aromatic rings. The Balaban J connectivity index is 2.01. The van der Waals surface area contributed by atoms with Crippen LogP contribution >= 0.6 is 0 Å². The predicted octanol–water partition coefficient (Wildman–Crippen LogP) is 4.01. The normalized spacial score (nSPS) is 17.0. The number of nitrogens with zero attached hydrogens (tertiary/aromatic N) is 1. The van der Waals surface area contributed by atoms with Crippen LogP contribution in [-0.4, -0.2) is 55.3 Å². The molecule has 1 saturated heterocycles. The summed E-state index contributed by atoms with van der Waals surface area (Å²) in [6.07, 6.45) is 5.73. The van der Waals surface area contributed by atoms with Crippen molar-refractivity contribution in [2.24, 2.45) is 0 Å². The third-order valence-corrected chi connectivity index (χ3v) is 4.70. The van der Waals surface area contributed by atoms with Crippen molar-refractivity contribution in [2.75, 3.05) is 26.8 Å². The second-order valence-corrected chi connectivity index (χ2v) is 8.24. The van der Waals surface area contributed by atoms with Gasteiger partial charge in [0, 0.05) is 25.2 Å². The first-order valence-corrected chi connectivity index (χ1v) is 10.5. The van der Waals surface area contributed by atoms with Crippen molar-refractivity contribution in [3.63, 3.8) is 0 Å². The molecule has 1 aromatic carbocycles. The molecule has 1 unspecified atom stereocenters. The number of piperidine rings is 1. The lowest BCUT2D eigenvalue weighted by atomic mass is 10.0. The average Bonchev–Trinajstić information content (AvgIpc) is 2.70. The quantitative estimate of drug-likeness (QED) is 0.677. The number of alkyl carbamates (subject to hydrolysis) is 1. The molecule has 2 rings (SSSR count). The van der Waals surface area contributed by atoms with Gasteiger partial charge in [-0.15, -0.1) is 0 Å². The molecule has 1 heterocycles. The first kappa shape index (κ1) is 23.6. The fourth-order valence-corrected chi connectivity index (χ4v) is 3.35. The standard InChI is InChI=1S/C23H34N2O5/c1-6-29-20-15-17(10-12-19(20)28-5)11-13-21(26)25-14-8-7-9-18(25)16-24-22(27)30-23(2,3)4/h10-13,15,18H,6-9,14,16H2,1-5H3,(H,24,27)/b13-11+. The third kappa shape index (κ3) is 7.28. The van der Waals surface area contributed by atoms with Crippen molar-refractivity contribution in [3.8, 4) is 11.5 Å². The van der Waals surface area contributed by atoms with Gasteiger partial charge >= 0.3 is 6.09 Å². The lowest BCUT2D eigenvalue weighted by Crippen LogP contribution is -2.49. The highest BCUT2D eigenvalue weighted by molar-refractivity contribution is 5.92. The SMILES string of the molecule is CCOc1cc(/C=C/C(=O)N2CCCCC2CNC(=O)OC(C)(C)C)ccc1OC. The van der Waals surface area contributed by atoms with E-state index in [0.717, 1.165) is 24.8 Å². The van der Waals surface area contributed by atoms with Gasteiger partial charge in [-0.2, -0.15) is 0 Å². The number of benzene rings is 1. The highest BCUT2D eigenvalue weighted by Crippen LogP contribution is 2.28. The van der Waals surface area contributed by atoms with E-state index in [1.165, 1.54) is 0 Å². The Kier molecular flexibility index (Phi) is 8.57. The van der Waals surface area contributed by atoms with E-state index in [0.29, 0.717) is 31.2 Å². The fraction of sp³-hybridized carbons (Fsp3) is 0.565. The van der Waals surface area contributed by atoms with Crippen LogP contribution in [0, 0.1) is 0 Å². The van der Waals surface area contributed by atoms with Gasteiger partial charge in [0.15, 0.2) is 11.5 Å². The van der Waals surface area contributed by atoms with Gasteiger partial charge in [-0.1, -0.05) is 6.07 Å². The van der Waals surface area contributed by atoms with Crippen molar-refractivity contribution in [1.29, 1.82) is 0 Å². The summed E-state index contributed by atoms with van der Waals surface area (Å²) in [7, 11) is 1.60. The largest absolute Gasteiger partial charge is 0.493 e. The molecular formula is C23H34N2O5. The molecule has 1 N–H and O–H groups in total. The van der Waals surface area contributed by atoms with Crippen molar-refractivity contribution in [3.05, 3.63) is 29.8 Å². The summed E-state index contributed by atoms with van der Waals surface area (Å²) in [5.41, 5.74) is 0.307. The zero-order valence-electron chi connectivity index (χ0n) is 18.7. The van der Waals surface area contributed by atoms with Crippen molar-refractivity contribution in [2.45, 2.75) is 58.6 Å². The number of ether oxygens (including phenoxy) is 3. The van der Waals surface area contributed by atoms with Crippen LogP contribution in [0.5, 0.6) is 11.5 Å². The number of likely N-dealkylation sites (tertiary alicyclic amines) is 1. The van der Waals surface area contributed by atoms with E-state index in [1.54, 1.807) is 19.3 Å². The van der Waals surface area contributed by atoms with E-state index < -0.39 is 11.7 Å². The van der Waals surface area contributed by atoms with Crippen LogP contribution in [0.25, 0.3) is 6.08 Å². The number of nitrogens with one attached hydrogen (secondary N) is 1. The summed E-state index contributed by atoms with van der Waals surface area (Å²) in [6.45, 7) is 8.97. The van der Waals surface area contributed by atoms with Gasteiger partial charge in [-0.25, -0.2) is 4.79 Å². The van der Waals surface area contributed by atoms with Gasteiger partial charge in [0.25, 0.3) is 0 Å². The van der Waals surface area contributed by atoms with Crippen LogP contribution in [0.15, 0.2) is 24.3 Å². The second-order valence-electron chi connectivity index (χ2n) is 8.24. The molecule has 30 heavy (non-hydrogen) atoms. The maximum atomic E-state index is 12.8. The van der Waals surface area contributed by atoms with Gasteiger partial charge < -0.3 is 24.4 Å². The predicted molar refractivity (Wildman–Crippen MR) is 117 cm³/mol. The number of amides is 2. The first-order valence-electron chi connectivity index (χ1n) is 10.5. The smallest absolute Gasteiger partial charge is 0.407 e. The van der Waals surface area contributed by atoms with E-state index in [-0.39, 0.29) is 11.9 Å². The van der Waals surface area contributed by atoms with Gasteiger partial charge in [-0.05, 0) is 70.7 Å². The molecule has 0 spiro atoms. The zero-order chi connectivity index (χ0) is 22.1. The Hall–Kier alpha value is -2.70. The Bertz CT molecular complexity index is 754. The number of hydrogen-bond donors (Lipinski definition) is 1. The summed E-state index contributed by atoms with van der Waals surface area (Å²) in [4.78, 5) is 26.6. The van der Waals surface area contributed by atoms with Crippen LogP contribution in [0.3, 0.4) is 0 Å². The molecule has 2 amide bonds. The number of carbonyl (C=O) groups is 2. The summed E-state index contributed by atoms with van der Waals surface area (Å²) >= 11 is 0. The van der Waals surface area contributed by atoms with Crippen molar-refractivity contribution >= 4 is 18.1 Å². The van der Waals surface area contributed by atoms with Crippen molar-refractivity contribution in [1.82, 2.24) is 10.2 Å². The summed E-state index contributed by atoms with van der Waals surface area (Å²) in [6, 6.07) is 5.51. The molecule has 0 radical (unpaired) electrons. The monoisotopic (exact) mass is 418 g/mol. The molecule has 0 aliphatic carbocycles. The zero-order valence-corrected chi connectivity index (χ0v) is 18.7. The van der Waals surface area contributed by atoms with Crippen LogP contribution in [0.2, 0.25) is 0 Å². The van der Waals surface area contributed by atoms with Crippen LogP contribution < -0.4 is 14.8 Å². The topological polar surface area (TPSA) is 77.1 Å². The molecule has 1 atom stereocenters. The van der Waals surface area contributed by atoms with Crippen LogP contribution in [-0.2, 0) is 9.53 Å². The van der Waals surface area contributed by atoms with Gasteiger partial charge in [0.05, 0.1) is 13.7 Å². The Morgan fingerprint density at radius 1 is 1.23 bits per heavy atom. The molecule has 7 nitrogen and oxygen atoms in total. The molecule has 7 heteroatoms. The maximum Gasteiger partial charge on any atom is 0.407 e. The second kappa shape index (κ2) is 10.9. The van der Waals surface area contributed by atoms with Crippen molar-refractivity contribution < 1.29 is 23.8 Å². The molecule has 0 saturated carbocycles. The number of methoxy groups -OCH3 is 1. The van der Waals surface area contributed by atoms with Gasteiger partial charge in [0.1, 0.15) is 5.60 Å². The molecule has 1 aliphatic heterocycles. The van der Waals surface area contributed by atoms with E-state index in [1.807, 2.05) is 50.8 Å². The molecule has 1 fully saturated rings. The Morgan fingerprint density at radius 2 is 2.00 bits per heavy atom. The highest BCUT2D eigenvalue weighted by atomic mass is 16.6. The van der Waals surface area contributed by atoms with E-state index in [2.05, 4.69) is 5.32 Å². The lowest BCUT2D eigenvalue weighted by molar-refractivity contribution is -0.129. The maximum absolute atomic E-state index is 12.8. The summed E-state index contributed by atoms with van der Waals surface area (Å²) in [5, 5.41) is 2.79.